The van der Waals surface area contributed by atoms with Gasteiger partial charge in [-0.1, -0.05) is 18.2 Å². The highest BCUT2D eigenvalue weighted by Gasteiger charge is 2.30. The Hall–Kier alpha value is -2.57. The minimum atomic E-state index is -0.475. The van der Waals surface area contributed by atoms with Crippen LogP contribution in [0.15, 0.2) is 24.3 Å². The molecule has 0 saturated carbocycles. The van der Waals surface area contributed by atoms with Crippen molar-refractivity contribution in [3.05, 3.63) is 45.8 Å². The van der Waals surface area contributed by atoms with Gasteiger partial charge in [-0.15, -0.1) is 0 Å². The summed E-state index contributed by atoms with van der Waals surface area (Å²) in [6.45, 7) is 2.18. The maximum absolute atomic E-state index is 11.1. The number of benzene rings is 1. The number of rotatable bonds is 3. The molecule has 0 amide bonds. The minimum absolute atomic E-state index is 0.111. The van der Waals surface area contributed by atoms with Crippen LogP contribution in [-0.2, 0) is 7.05 Å². The Bertz CT molecular complexity index is 680. The van der Waals surface area contributed by atoms with Crippen molar-refractivity contribution in [2.24, 2.45) is 7.05 Å². The van der Waals surface area contributed by atoms with E-state index in [4.69, 9.17) is 4.74 Å². The van der Waals surface area contributed by atoms with Gasteiger partial charge >= 0.3 is 5.82 Å². The van der Waals surface area contributed by atoms with Gasteiger partial charge in [0.05, 0.1) is 6.04 Å². The van der Waals surface area contributed by atoms with Crippen molar-refractivity contribution < 1.29 is 9.66 Å². The molecule has 1 aromatic carbocycles. The van der Waals surface area contributed by atoms with E-state index in [0.717, 1.165) is 11.3 Å². The average molecular weight is 274 g/mol. The van der Waals surface area contributed by atoms with Crippen LogP contribution in [0, 0.1) is 17.0 Å². The first kappa shape index (κ1) is 12.5. The van der Waals surface area contributed by atoms with Gasteiger partial charge in [-0.05, 0) is 16.0 Å². The van der Waals surface area contributed by atoms with Gasteiger partial charge in [0.2, 0.25) is 11.6 Å². The lowest BCUT2D eigenvalue weighted by Crippen LogP contribution is -2.15. The van der Waals surface area contributed by atoms with Crippen LogP contribution in [0.3, 0.4) is 0 Å². The van der Waals surface area contributed by atoms with E-state index in [0.29, 0.717) is 18.2 Å². The largest absolute Gasteiger partial charge is 0.491 e. The van der Waals surface area contributed by atoms with Crippen molar-refractivity contribution in [2.45, 2.75) is 13.0 Å². The number of nitrogens with zero attached hydrogens (tertiary/aromatic N) is 3. The lowest BCUT2D eigenvalue weighted by molar-refractivity contribution is -0.388. The van der Waals surface area contributed by atoms with Crippen molar-refractivity contribution in [1.29, 1.82) is 0 Å². The van der Waals surface area contributed by atoms with Crippen LogP contribution in [0.1, 0.15) is 17.4 Å². The Morgan fingerprint density at radius 2 is 2.25 bits per heavy atom. The molecule has 2 heterocycles. The topological polar surface area (TPSA) is 82.2 Å². The molecule has 0 spiro atoms. The minimum Gasteiger partial charge on any atom is -0.491 e. The van der Waals surface area contributed by atoms with E-state index < -0.39 is 4.92 Å². The quantitative estimate of drug-likeness (QED) is 0.685. The zero-order chi connectivity index (χ0) is 14.3. The summed E-state index contributed by atoms with van der Waals surface area (Å²) in [6, 6.07) is 7.55. The van der Waals surface area contributed by atoms with E-state index in [1.165, 1.54) is 0 Å². The molecule has 0 aliphatic carbocycles. The second-order valence-corrected chi connectivity index (χ2v) is 4.69. The average Bonchev–Trinajstić information content (AvgIpc) is 2.96. The van der Waals surface area contributed by atoms with Crippen molar-refractivity contribution in [3.8, 4) is 5.75 Å². The second-order valence-electron chi connectivity index (χ2n) is 4.69. The van der Waals surface area contributed by atoms with Crippen LogP contribution in [-0.4, -0.2) is 21.1 Å². The number of nitro groups is 1. The number of hydrogen-bond donors (Lipinski definition) is 1. The first-order valence-electron chi connectivity index (χ1n) is 6.24. The smallest absolute Gasteiger partial charge is 0.406 e. The normalized spacial score (nSPS) is 16.6. The van der Waals surface area contributed by atoms with E-state index >= 15 is 0 Å². The highest BCUT2D eigenvalue weighted by atomic mass is 16.6. The molecule has 20 heavy (non-hydrogen) atoms. The number of imidazole rings is 1. The van der Waals surface area contributed by atoms with Gasteiger partial charge in [0, 0.05) is 19.5 Å². The number of nitrogens with one attached hydrogen (secondary N) is 1. The summed E-state index contributed by atoms with van der Waals surface area (Å²) in [5.74, 6) is 1.64. The Balaban J connectivity index is 1.95. The molecule has 0 bridgehead atoms. The molecule has 0 radical (unpaired) electrons. The van der Waals surface area contributed by atoms with Gasteiger partial charge in [0.25, 0.3) is 0 Å². The SMILES string of the molecule is Cc1nc([N+](=O)[O-])c(NC2COc3ccccc32)n1C. The summed E-state index contributed by atoms with van der Waals surface area (Å²) in [5.41, 5.74) is 1.00. The highest BCUT2D eigenvalue weighted by molar-refractivity contribution is 5.56. The molecule has 1 unspecified atom stereocenters. The summed E-state index contributed by atoms with van der Waals surface area (Å²) < 4.78 is 7.25. The summed E-state index contributed by atoms with van der Waals surface area (Å²) in [7, 11) is 1.75. The van der Waals surface area contributed by atoms with Crippen LogP contribution in [0.4, 0.5) is 11.6 Å². The second kappa shape index (κ2) is 4.52. The number of anilines is 1. The van der Waals surface area contributed by atoms with Crippen LogP contribution >= 0.6 is 0 Å². The van der Waals surface area contributed by atoms with E-state index in [1.807, 2.05) is 24.3 Å². The number of aromatic nitrogens is 2. The van der Waals surface area contributed by atoms with Crippen LogP contribution < -0.4 is 10.1 Å². The molecular formula is C13H14N4O3. The van der Waals surface area contributed by atoms with Crippen LogP contribution in [0.2, 0.25) is 0 Å². The molecule has 7 nitrogen and oxygen atoms in total. The number of para-hydroxylation sites is 1. The van der Waals surface area contributed by atoms with Crippen molar-refractivity contribution in [1.82, 2.24) is 9.55 Å². The van der Waals surface area contributed by atoms with Gasteiger partial charge in [0.15, 0.2) is 0 Å². The molecule has 104 valence electrons. The molecule has 2 aromatic rings. The van der Waals surface area contributed by atoms with Gasteiger partial charge in [-0.3, -0.25) is 4.57 Å². The summed E-state index contributed by atoms with van der Waals surface area (Å²) in [4.78, 5) is 14.6. The molecule has 1 aromatic heterocycles. The summed E-state index contributed by atoms with van der Waals surface area (Å²) in [5, 5.41) is 14.2. The Morgan fingerprint density at radius 1 is 1.50 bits per heavy atom. The van der Waals surface area contributed by atoms with Gasteiger partial charge in [-0.25, -0.2) is 0 Å². The predicted molar refractivity (Wildman–Crippen MR) is 72.9 cm³/mol. The highest BCUT2D eigenvalue weighted by Crippen LogP contribution is 2.36. The van der Waals surface area contributed by atoms with Crippen LogP contribution in [0.25, 0.3) is 0 Å². The fourth-order valence-corrected chi connectivity index (χ4v) is 2.33. The fourth-order valence-electron chi connectivity index (χ4n) is 2.33. The fraction of sp³-hybridized carbons (Fsp3) is 0.308. The zero-order valence-electron chi connectivity index (χ0n) is 11.2. The van der Waals surface area contributed by atoms with Crippen molar-refractivity contribution >= 4 is 11.6 Å². The third-order valence-corrected chi connectivity index (χ3v) is 3.48. The third kappa shape index (κ3) is 1.87. The monoisotopic (exact) mass is 274 g/mol. The maximum atomic E-state index is 11.1. The molecule has 1 aliphatic rings. The number of fused-ring (bicyclic) bond motifs is 1. The molecule has 3 rings (SSSR count). The van der Waals surface area contributed by atoms with Crippen molar-refractivity contribution in [2.75, 3.05) is 11.9 Å². The van der Waals surface area contributed by atoms with Crippen LogP contribution in [0.5, 0.6) is 5.75 Å². The van der Waals surface area contributed by atoms with E-state index in [1.54, 1.807) is 18.5 Å². The molecule has 1 aliphatic heterocycles. The zero-order valence-corrected chi connectivity index (χ0v) is 11.2. The van der Waals surface area contributed by atoms with Gasteiger partial charge in [-0.2, -0.15) is 0 Å². The molecule has 0 saturated heterocycles. The number of aryl methyl sites for hydroxylation is 1. The number of hydrogen-bond acceptors (Lipinski definition) is 5. The van der Waals surface area contributed by atoms with Gasteiger partial charge in [0.1, 0.15) is 12.4 Å². The molecule has 1 N–H and O–H groups in total. The van der Waals surface area contributed by atoms with E-state index in [9.17, 15) is 10.1 Å². The molecule has 7 heteroatoms. The van der Waals surface area contributed by atoms with Gasteiger partial charge < -0.3 is 20.2 Å². The summed E-state index contributed by atoms with van der Waals surface area (Å²) >= 11 is 0. The Labute approximate surface area is 115 Å². The van der Waals surface area contributed by atoms with E-state index in [2.05, 4.69) is 10.3 Å². The number of ether oxygens (including phenoxy) is 1. The molecule has 1 atom stereocenters. The molecule has 0 fully saturated rings. The Kier molecular flexibility index (Phi) is 2.81. The lowest BCUT2D eigenvalue weighted by Gasteiger charge is -2.12. The third-order valence-electron chi connectivity index (χ3n) is 3.48. The summed E-state index contributed by atoms with van der Waals surface area (Å²) in [6.07, 6.45) is 0. The maximum Gasteiger partial charge on any atom is 0.406 e. The standard InChI is InChI=1S/C13H14N4O3/c1-8-14-13(17(18)19)12(16(8)2)15-10-7-20-11-6-4-3-5-9(10)11/h3-6,10,15H,7H2,1-2H3. The molecular weight excluding hydrogens is 260 g/mol. The van der Waals surface area contributed by atoms with E-state index in [-0.39, 0.29) is 11.9 Å². The lowest BCUT2D eigenvalue weighted by atomic mass is 10.1. The Morgan fingerprint density at radius 3 is 3.00 bits per heavy atom. The predicted octanol–water partition coefficient (Wildman–Crippen LogP) is 2.18. The van der Waals surface area contributed by atoms with Crippen molar-refractivity contribution in [3.63, 3.8) is 0 Å². The first-order chi connectivity index (χ1) is 9.58. The first-order valence-corrected chi connectivity index (χ1v) is 6.24.